The van der Waals surface area contributed by atoms with E-state index >= 15 is 0 Å². The highest BCUT2D eigenvalue weighted by molar-refractivity contribution is 7.47. The Bertz CT molecular complexity index is 1800. The van der Waals surface area contributed by atoms with Crippen molar-refractivity contribution in [2.45, 2.75) is 147 Å². The maximum atomic E-state index is 14.2. The van der Waals surface area contributed by atoms with Gasteiger partial charge in [-0.15, -0.1) is 0 Å². The molecule has 4 rings (SSSR count). The molecular formula is C41H59FN5O9P. The van der Waals surface area contributed by atoms with Gasteiger partial charge >= 0.3 is 7.82 Å². The molecule has 3 aromatic rings. The number of nitriles is 2. The fourth-order valence-corrected chi connectivity index (χ4v) is 7.69. The third-order valence-corrected chi connectivity index (χ3v) is 11.3. The minimum absolute atomic E-state index is 0.00694. The molecule has 1 saturated heterocycles. The van der Waals surface area contributed by atoms with Crippen LogP contribution >= 0.6 is 7.82 Å². The number of fused-ring (bicyclic) bond motifs is 1. The van der Waals surface area contributed by atoms with E-state index in [0.717, 1.165) is 19.3 Å². The van der Waals surface area contributed by atoms with Crippen molar-refractivity contribution in [2.24, 2.45) is 0 Å². The number of phosphoric ester groups is 1. The number of aliphatic hydroxyl groups excluding tert-OH is 2. The van der Waals surface area contributed by atoms with E-state index in [-0.39, 0.29) is 24.5 Å². The molecule has 314 valence electrons. The Morgan fingerprint density at radius 3 is 2.21 bits per heavy atom. The van der Waals surface area contributed by atoms with Crippen LogP contribution in [0.3, 0.4) is 0 Å². The Morgan fingerprint density at radius 2 is 1.60 bits per heavy atom. The summed E-state index contributed by atoms with van der Waals surface area (Å²) in [5.74, 6) is -0.695. The van der Waals surface area contributed by atoms with Crippen LogP contribution < -0.4 is 0 Å². The predicted octanol–water partition coefficient (Wildman–Crippen LogP) is 7.49. The number of unbranched alkanes of at least 4 members (excludes halogenated alkanes) is 14. The van der Waals surface area contributed by atoms with Crippen molar-refractivity contribution in [1.29, 1.82) is 10.5 Å². The van der Waals surface area contributed by atoms with Crippen LogP contribution in [-0.4, -0.2) is 80.5 Å². The van der Waals surface area contributed by atoms with Crippen LogP contribution in [0, 0.1) is 35.4 Å². The molecule has 57 heavy (non-hydrogen) atoms. The van der Waals surface area contributed by atoms with Crippen LogP contribution in [0.4, 0.5) is 4.39 Å². The summed E-state index contributed by atoms with van der Waals surface area (Å²) in [6, 6.07) is 10.9. The number of hydrogen-bond acceptors (Lipinski definition) is 12. The monoisotopic (exact) mass is 815 g/mol. The highest BCUT2D eigenvalue weighted by Gasteiger charge is 2.58. The molecule has 0 bridgehead atoms. The number of rotatable bonds is 28. The van der Waals surface area contributed by atoms with Gasteiger partial charge in [0.15, 0.2) is 0 Å². The maximum absolute atomic E-state index is 14.2. The lowest BCUT2D eigenvalue weighted by molar-refractivity contribution is -0.0690. The van der Waals surface area contributed by atoms with Crippen molar-refractivity contribution in [1.82, 2.24) is 14.6 Å². The molecule has 14 nitrogen and oxygen atoms in total. The first-order valence-electron chi connectivity index (χ1n) is 20.3. The lowest BCUT2D eigenvalue weighted by Crippen LogP contribution is -2.41. The summed E-state index contributed by atoms with van der Waals surface area (Å²) in [6.07, 6.45) is 14.3. The average Bonchev–Trinajstić information content (AvgIpc) is 3.75. The van der Waals surface area contributed by atoms with Gasteiger partial charge in [0.1, 0.15) is 48.7 Å². The number of benzene rings is 1. The van der Waals surface area contributed by atoms with Gasteiger partial charge in [0.25, 0.3) is 0 Å². The predicted molar refractivity (Wildman–Crippen MR) is 209 cm³/mol. The molecule has 1 aliphatic heterocycles. The van der Waals surface area contributed by atoms with Crippen LogP contribution in [0.25, 0.3) is 5.52 Å². The van der Waals surface area contributed by atoms with Gasteiger partial charge < -0.3 is 29.3 Å². The zero-order valence-electron chi connectivity index (χ0n) is 33.3. The molecular weight excluding hydrogens is 756 g/mol. The Hall–Kier alpha value is -3.34. The smallest absolute Gasteiger partial charge is 0.387 e. The van der Waals surface area contributed by atoms with Crippen LogP contribution in [0.5, 0.6) is 0 Å². The number of halogens is 1. The fraction of sp³-hybridized carbons (Fsp3) is 0.659. The molecule has 0 spiro atoms. The van der Waals surface area contributed by atoms with Gasteiger partial charge in [-0.1, -0.05) is 103 Å². The summed E-state index contributed by atoms with van der Waals surface area (Å²) in [5.41, 5.74) is -0.446. The molecule has 1 unspecified atom stereocenters. The van der Waals surface area contributed by atoms with Gasteiger partial charge in [0, 0.05) is 6.61 Å². The number of aryl methyl sites for hydroxylation is 1. The Kier molecular flexibility index (Phi) is 19.4. The first-order chi connectivity index (χ1) is 27.5. The number of hydrogen-bond donors (Lipinski definition) is 3. The molecule has 1 fully saturated rings. The largest absolute Gasteiger partial charge is 0.472 e. The van der Waals surface area contributed by atoms with E-state index < -0.39 is 56.9 Å². The van der Waals surface area contributed by atoms with Crippen molar-refractivity contribution in [3.63, 3.8) is 0 Å². The van der Waals surface area contributed by atoms with Gasteiger partial charge in [-0.05, 0) is 43.2 Å². The van der Waals surface area contributed by atoms with Gasteiger partial charge in [0.2, 0.25) is 5.60 Å². The molecule has 0 radical (unpaired) electrons. The Labute approximate surface area is 335 Å². The maximum Gasteiger partial charge on any atom is 0.472 e. The van der Waals surface area contributed by atoms with E-state index in [4.69, 9.17) is 28.5 Å². The zero-order chi connectivity index (χ0) is 41.1. The van der Waals surface area contributed by atoms with Crippen LogP contribution in [0.2, 0.25) is 0 Å². The summed E-state index contributed by atoms with van der Waals surface area (Å²) in [4.78, 5) is 14.7. The van der Waals surface area contributed by atoms with Crippen molar-refractivity contribution >= 4 is 13.3 Å². The Morgan fingerprint density at radius 1 is 0.947 bits per heavy atom. The molecule has 3 N–H and O–H groups in total. The normalized spacial score (nSPS) is 21.0. The molecule has 3 heterocycles. The van der Waals surface area contributed by atoms with E-state index in [1.54, 1.807) is 25.1 Å². The molecule has 1 aliphatic rings. The second kappa shape index (κ2) is 23.9. The second-order valence-corrected chi connectivity index (χ2v) is 16.2. The van der Waals surface area contributed by atoms with Crippen LogP contribution in [-0.2, 0) is 40.0 Å². The van der Waals surface area contributed by atoms with Crippen molar-refractivity contribution in [2.75, 3.05) is 26.4 Å². The molecule has 2 aromatic heterocycles. The number of aromatic nitrogens is 3. The van der Waals surface area contributed by atoms with E-state index in [2.05, 4.69) is 17.0 Å². The van der Waals surface area contributed by atoms with E-state index in [1.807, 2.05) is 6.07 Å². The molecule has 0 aliphatic carbocycles. The molecule has 1 aromatic carbocycles. The van der Waals surface area contributed by atoms with Gasteiger partial charge in [-0.3, -0.25) is 9.05 Å². The highest BCUT2D eigenvalue weighted by atomic mass is 31.2. The average molecular weight is 816 g/mol. The van der Waals surface area contributed by atoms with Crippen LogP contribution in [0.15, 0.2) is 36.7 Å². The number of nitrogens with zero attached hydrogens (tertiary/aromatic N) is 5. The number of ether oxygens (including phenoxy) is 3. The second-order valence-electron chi connectivity index (χ2n) is 14.7. The molecule has 0 amide bonds. The van der Waals surface area contributed by atoms with Crippen LogP contribution in [0.1, 0.15) is 126 Å². The summed E-state index contributed by atoms with van der Waals surface area (Å²) in [7, 11) is -4.81. The Balaban J connectivity index is 1.21. The summed E-state index contributed by atoms with van der Waals surface area (Å²) >= 11 is 0. The van der Waals surface area contributed by atoms with Gasteiger partial charge in [-0.25, -0.2) is 18.5 Å². The first-order valence-corrected chi connectivity index (χ1v) is 21.8. The first kappa shape index (κ1) is 46.4. The lowest BCUT2D eigenvalue weighted by atomic mass is 9.92. The third-order valence-electron chi connectivity index (χ3n) is 10.3. The van der Waals surface area contributed by atoms with Crippen molar-refractivity contribution < 1.29 is 47.3 Å². The van der Waals surface area contributed by atoms with E-state index in [1.165, 1.54) is 106 Å². The summed E-state index contributed by atoms with van der Waals surface area (Å²) in [5, 5.41) is 45.2. The molecule has 16 heteroatoms. The van der Waals surface area contributed by atoms with Crippen molar-refractivity contribution in [3.8, 4) is 12.1 Å². The molecule has 6 atom stereocenters. The highest BCUT2D eigenvalue weighted by Crippen LogP contribution is 2.46. The summed E-state index contributed by atoms with van der Waals surface area (Å²) < 4.78 is 56.6. The zero-order valence-corrected chi connectivity index (χ0v) is 34.2. The summed E-state index contributed by atoms with van der Waals surface area (Å²) in [6.45, 7) is 3.19. The topological polar surface area (TPSA) is 202 Å². The van der Waals surface area contributed by atoms with Crippen molar-refractivity contribution in [3.05, 3.63) is 65.0 Å². The third kappa shape index (κ3) is 13.9. The van der Waals surface area contributed by atoms with E-state index in [0.29, 0.717) is 23.4 Å². The van der Waals surface area contributed by atoms with Gasteiger partial charge in [-0.2, -0.15) is 15.6 Å². The minimum atomic E-state index is -4.81. The SMILES string of the molecule is CCCCCCCCCCCCCCCCCOC[C@H](COP(=O)(O)OC[C@H]1O[C@@](C#N)(c2ccc3c(C)ncnn23)[C@H](O)[C@@H]1O)OCc1ccc(C#N)c(F)c1. The number of aliphatic hydroxyl groups is 2. The quantitative estimate of drug-likeness (QED) is 0.0481. The minimum Gasteiger partial charge on any atom is -0.387 e. The molecule has 0 saturated carbocycles. The van der Waals surface area contributed by atoms with E-state index in [9.17, 15) is 29.3 Å². The fourth-order valence-electron chi connectivity index (χ4n) is 6.92. The number of phosphoric acid groups is 1. The standard InChI is InChI=1S/C41H59FN5O9P/c1-3-4-5-6-7-8-9-10-11-12-13-14-15-16-17-22-52-26-34(53-25-32-18-19-33(24-43)35(42)23-32)27-54-57(50,51)55-28-37-39(48)40(49)41(29-44,56-37)38-21-20-36-31(2)45-30-46-47(36)38/h18-21,23,30,34,37,39-40,48-49H,3-17,22,25-28H2,1-2H3,(H,50,51)/t34-,37-,39-,40-,41+/m1/s1. The lowest BCUT2D eigenvalue weighted by Gasteiger charge is -2.24. The van der Waals surface area contributed by atoms with Gasteiger partial charge in [0.05, 0.1) is 48.9 Å².